The molecule has 1 saturated carbocycles. The molecule has 1 aliphatic heterocycles. The van der Waals surface area contributed by atoms with Crippen LogP contribution in [-0.4, -0.2) is 53.2 Å². The number of carbonyl (C=O) groups excluding carboxylic acids is 2. The van der Waals surface area contributed by atoms with Gasteiger partial charge in [0.15, 0.2) is 0 Å². The van der Waals surface area contributed by atoms with Gasteiger partial charge in [0.25, 0.3) is 0 Å². The zero-order chi connectivity index (χ0) is 23.8. The highest BCUT2D eigenvalue weighted by atomic mass is 16.5. The Morgan fingerprint density at radius 1 is 1.06 bits per heavy atom. The summed E-state index contributed by atoms with van der Waals surface area (Å²) >= 11 is 0. The monoisotopic (exact) mass is 462 g/mol. The first kappa shape index (κ1) is 22.4. The van der Waals surface area contributed by atoms with Crippen LogP contribution in [0.1, 0.15) is 49.7 Å². The number of carboxylic acids is 1. The molecule has 1 saturated heterocycles. The number of amides is 2. The van der Waals surface area contributed by atoms with E-state index in [1.54, 1.807) is 6.92 Å². The predicted molar refractivity (Wildman–Crippen MR) is 126 cm³/mol. The summed E-state index contributed by atoms with van der Waals surface area (Å²) in [5.74, 6) is -0.870. The minimum absolute atomic E-state index is 0.0320. The second kappa shape index (κ2) is 9.12. The molecule has 2 fully saturated rings. The number of carboxylic acid groups (broad SMARTS) is 1. The molecule has 3 unspecified atom stereocenters. The molecule has 34 heavy (non-hydrogen) atoms. The number of benzene rings is 2. The number of aliphatic carboxylic acids is 1. The summed E-state index contributed by atoms with van der Waals surface area (Å²) in [5.41, 5.74) is 4.60. The predicted octanol–water partition coefficient (Wildman–Crippen LogP) is 4.02. The first-order chi connectivity index (χ1) is 16.4. The number of alkyl carbamates (subject to hydrolysis) is 1. The third-order valence-electron chi connectivity index (χ3n) is 7.65. The highest BCUT2D eigenvalue weighted by molar-refractivity contribution is 5.85. The maximum Gasteiger partial charge on any atom is 0.407 e. The van der Waals surface area contributed by atoms with Crippen LogP contribution in [0.3, 0.4) is 0 Å². The number of hydrogen-bond acceptors (Lipinski definition) is 4. The maximum atomic E-state index is 12.9. The van der Waals surface area contributed by atoms with Crippen LogP contribution in [0, 0.1) is 11.8 Å². The largest absolute Gasteiger partial charge is 0.480 e. The zero-order valence-corrected chi connectivity index (χ0v) is 19.3. The molecule has 2 N–H and O–H groups in total. The van der Waals surface area contributed by atoms with Gasteiger partial charge in [0.2, 0.25) is 5.91 Å². The second-order valence-corrected chi connectivity index (χ2v) is 9.76. The Kier molecular flexibility index (Phi) is 6.02. The fourth-order valence-corrected chi connectivity index (χ4v) is 6.15. The van der Waals surface area contributed by atoms with Gasteiger partial charge in [-0.1, -0.05) is 55.0 Å². The van der Waals surface area contributed by atoms with Crippen LogP contribution in [0.2, 0.25) is 0 Å². The van der Waals surface area contributed by atoms with Crippen molar-refractivity contribution in [2.75, 3.05) is 13.2 Å². The van der Waals surface area contributed by atoms with Gasteiger partial charge in [0, 0.05) is 24.9 Å². The van der Waals surface area contributed by atoms with E-state index < -0.39 is 24.1 Å². The van der Waals surface area contributed by atoms with E-state index in [9.17, 15) is 19.5 Å². The topological polar surface area (TPSA) is 95.9 Å². The van der Waals surface area contributed by atoms with Crippen LogP contribution >= 0.6 is 0 Å². The van der Waals surface area contributed by atoms with Gasteiger partial charge < -0.3 is 20.1 Å². The summed E-state index contributed by atoms with van der Waals surface area (Å²) in [6, 6.07) is 15.1. The number of ether oxygens (including phenoxy) is 1. The number of likely N-dealkylation sites (tertiary alicyclic amines) is 1. The molecule has 2 aromatic carbocycles. The minimum Gasteiger partial charge on any atom is -0.480 e. The van der Waals surface area contributed by atoms with E-state index in [2.05, 4.69) is 29.6 Å². The number of fused-ring (bicyclic) bond motifs is 4. The smallest absolute Gasteiger partial charge is 0.407 e. The average molecular weight is 463 g/mol. The van der Waals surface area contributed by atoms with Crippen molar-refractivity contribution in [1.82, 2.24) is 10.2 Å². The van der Waals surface area contributed by atoms with Gasteiger partial charge in [-0.15, -0.1) is 0 Å². The number of hydrogen-bond donors (Lipinski definition) is 2. The van der Waals surface area contributed by atoms with E-state index in [-0.39, 0.29) is 36.7 Å². The van der Waals surface area contributed by atoms with Crippen molar-refractivity contribution in [3.05, 3.63) is 59.7 Å². The van der Waals surface area contributed by atoms with Crippen molar-refractivity contribution >= 4 is 18.0 Å². The molecule has 2 amide bonds. The van der Waals surface area contributed by atoms with Gasteiger partial charge in [0.05, 0.1) is 0 Å². The molecule has 2 aliphatic carbocycles. The van der Waals surface area contributed by atoms with Gasteiger partial charge in [0.1, 0.15) is 12.6 Å². The zero-order valence-electron chi connectivity index (χ0n) is 19.3. The minimum atomic E-state index is -0.931. The summed E-state index contributed by atoms with van der Waals surface area (Å²) in [6.45, 7) is 2.45. The Morgan fingerprint density at radius 2 is 1.71 bits per heavy atom. The first-order valence-corrected chi connectivity index (χ1v) is 12.1. The molecule has 0 radical (unpaired) electrons. The second-order valence-electron chi connectivity index (χ2n) is 9.76. The Hall–Kier alpha value is -3.35. The summed E-state index contributed by atoms with van der Waals surface area (Å²) < 4.78 is 5.57. The van der Waals surface area contributed by atoms with Gasteiger partial charge in [-0.2, -0.15) is 0 Å². The molecule has 5 rings (SSSR count). The van der Waals surface area contributed by atoms with Crippen LogP contribution in [0.25, 0.3) is 11.1 Å². The van der Waals surface area contributed by atoms with E-state index in [1.807, 2.05) is 24.3 Å². The maximum absolute atomic E-state index is 12.9. The lowest BCUT2D eigenvalue weighted by molar-refractivity contribution is -0.149. The van der Waals surface area contributed by atoms with Crippen LogP contribution in [0.5, 0.6) is 0 Å². The summed E-state index contributed by atoms with van der Waals surface area (Å²) in [5, 5.41) is 12.4. The molecule has 0 bridgehead atoms. The van der Waals surface area contributed by atoms with Crippen LogP contribution < -0.4 is 5.32 Å². The molecule has 2 aromatic rings. The lowest BCUT2D eigenvalue weighted by atomic mass is 9.94. The van der Waals surface area contributed by atoms with Crippen molar-refractivity contribution in [3.63, 3.8) is 0 Å². The number of carbonyl (C=O) groups is 3. The summed E-state index contributed by atoms with van der Waals surface area (Å²) in [6.07, 6.45) is 2.34. The Morgan fingerprint density at radius 3 is 2.35 bits per heavy atom. The fraction of sp³-hybridized carbons (Fsp3) is 0.444. The van der Waals surface area contributed by atoms with E-state index >= 15 is 0 Å². The third-order valence-corrected chi connectivity index (χ3v) is 7.65. The molecule has 1 heterocycles. The van der Waals surface area contributed by atoms with Crippen molar-refractivity contribution in [2.24, 2.45) is 11.8 Å². The highest BCUT2D eigenvalue weighted by Crippen LogP contribution is 2.45. The van der Waals surface area contributed by atoms with Crippen molar-refractivity contribution in [1.29, 1.82) is 0 Å². The first-order valence-electron chi connectivity index (χ1n) is 12.1. The lowest BCUT2D eigenvalue weighted by Gasteiger charge is -2.26. The van der Waals surface area contributed by atoms with Crippen molar-refractivity contribution in [2.45, 2.75) is 50.6 Å². The Labute approximate surface area is 199 Å². The van der Waals surface area contributed by atoms with E-state index in [4.69, 9.17) is 4.74 Å². The molecule has 4 atom stereocenters. The standard InChI is InChI=1S/C27H30N2O5/c1-16(13-24(30)29-14-17-7-6-12-18(17)25(29)26(31)32)28-27(33)34-15-23-21-10-4-2-8-19(21)20-9-3-5-11-22(20)23/h2-5,8-11,16-18,23,25H,6-7,12-15H2,1H3,(H,28,33)(H,31,32)/t16-,17?,18?,25?/m1/s1. The highest BCUT2D eigenvalue weighted by Gasteiger charge is 2.49. The molecular weight excluding hydrogens is 432 g/mol. The van der Waals surface area contributed by atoms with E-state index in [1.165, 1.54) is 4.90 Å². The van der Waals surface area contributed by atoms with Crippen LogP contribution in [-0.2, 0) is 14.3 Å². The molecule has 7 heteroatoms. The molecule has 7 nitrogen and oxygen atoms in total. The number of nitrogens with zero attached hydrogens (tertiary/aromatic N) is 1. The SMILES string of the molecule is C[C@H](CC(=O)N1CC2CCCC2C1C(=O)O)NC(=O)OCC1c2ccccc2-c2ccccc21. The lowest BCUT2D eigenvalue weighted by Crippen LogP contribution is -2.46. The quantitative estimate of drug-likeness (QED) is 0.676. The van der Waals surface area contributed by atoms with Crippen molar-refractivity contribution in [3.8, 4) is 11.1 Å². The number of rotatable bonds is 6. The number of nitrogens with one attached hydrogen (secondary N) is 1. The van der Waals surface area contributed by atoms with Gasteiger partial charge in [-0.25, -0.2) is 9.59 Å². The average Bonchev–Trinajstić information content (AvgIpc) is 3.49. The summed E-state index contributed by atoms with van der Waals surface area (Å²) in [4.78, 5) is 38.7. The van der Waals surface area contributed by atoms with Crippen LogP contribution in [0.4, 0.5) is 4.79 Å². The van der Waals surface area contributed by atoms with Crippen molar-refractivity contribution < 1.29 is 24.2 Å². The normalized spacial score (nSPS) is 23.7. The fourth-order valence-electron chi connectivity index (χ4n) is 6.15. The van der Waals surface area contributed by atoms with Gasteiger partial charge in [-0.05, 0) is 53.9 Å². The van der Waals surface area contributed by atoms with Gasteiger partial charge in [-0.3, -0.25) is 4.79 Å². The van der Waals surface area contributed by atoms with Crippen LogP contribution in [0.15, 0.2) is 48.5 Å². The molecule has 3 aliphatic rings. The van der Waals surface area contributed by atoms with E-state index in [0.29, 0.717) is 6.54 Å². The molecule has 178 valence electrons. The van der Waals surface area contributed by atoms with Gasteiger partial charge >= 0.3 is 12.1 Å². The third kappa shape index (κ3) is 4.04. The Balaban J connectivity index is 1.17. The van der Waals surface area contributed by atoms with E-state index in [0.717, 1.165) is 41.5 Å². The molecular formula is C27H30N2O5. The summed E-state index contributed by atoms with van der Waals surface area (Å²) in [7, 11) is 0. The molecule has 0 aromatic heterocycles. The Bertz CT molecular complexity index is 1070. The molecule has 0 spiro atoms.